The third kappa shape index (κ3) is 4.16. The molecule has 2 N–H and O–H groups in total. The number of halogens is 2. The van der Waals surface area contributed by atoms with Crippen LogP contribution in [0, 0.1) is 18.6 Å². The van der Waals surface area contributed by atoms with Gasteiger partial charge >= 0.3 is 6.09 Å². The molecule has 0 aliphatic carbocycles. The van der Waals surface area contributed by atoms with Gasteiger partial charge in [0.05, 0.1) is 5.56 Å². The van der Waals surface area contributed by atoms with Gasteiger partial charge in [0.25, 0.3) is 5.91 Å². The molecule has 3 aromatic rings. The fraction of sp³-hybridized carbons (Fsp3) is 0.273. The third-order valence-corrected chi connectivity index (χ3v) is 5.28. The number of carboxylic acid groups (broad SMARTS) is 1. The molecule has 0 spiro atoms. The van der Waals surface area contributed by atoms with Crippen LogP contribution in [-0.2, 0) is 6.61 Å². The number of likely N-dealkylation sites (tertiary alicyclic amines) is 1. The van der Waals surface area contributed by atoms with Crippen molar-refractivity contribution in [1.29, 1.82) is 0 Å². The van der Waals surface area contributed by atoms with E-state index in [0.29, 0.717) is 41.0 Å². The highest BCUT2D eigenvalue weighted by Crippen LogP contribution is 2.30. The monoisotopic (exact) mass is 430 g/mol. The fourth-order valence-electron chi connectivity index (χ4n) is 3.70. The van der Waals surface area contributed by atoms with E-state index in [-0.39, 0.29) is 30.7 Å². The summed E-state index contributed by atoms with van der Waals surface area (Å²) in [4.78, 5) is 25.2. The summed E-state index contributed by atoms with van der Waals surface area (Å²) < 4.78 is 38.5. The van der Waals surface area contributed by atoms with Gasteiger partial charge in [0.15, 0.2) is 11.6 Å². The van der Waals surface area contributed by atoms with Crippen LogP contribution in [0.25, 0.3) is 11.0 Å². The first-order valence-corrected chi connectivity index (χ1v) is 9.71. The Hall–Kier alpha value is -3.62. The van der Waals surface area contributed by atoms with Gasteiger partial charge in [-0.2, -0.15) is 0 Å². The van der Waals surface area contributed by atoms with Crippen LogP contribution in [0.2, 0.25) is 0 Å². The molecule has 1 unspecified atom stereocenters. The van der Waals surface area contributed by atoms with E-state index in [9.17, 15) is 18.4 Å². The van der Waals surface area contributed by atoms with E-state index in [1.54, 1.807) is 25.1 Å². The molecule has 162 valence electrons. The molecular weight excluding hydrogens is 410 g/mol. The molecule has 1 fully saturated rings. The number of hydrogen-bond donors (Lipinski definition) is 2. The normalized spacial score (nSPS) is 16.0. The van der Waals surface area contributed by atoms with Crippen molar-refractivity contribution in [1.82, 2.24) is 10.2 Å². The van der Waals surface area contributed by atoms with Crippen molar-refractivity contribution < 1.29 is 32.6 Å². The molecule has 1 saturated heterocycles. The molecule has 2 aromatic carbocycles. The molecule has 1 aliphatic rings. The zero-order chi connectivity index (χ0) is 22.1. The van der Waals surface area contributed by atoms with E-state index in [1.807, 2.05) is 0 Å². The lowest BCUT2D eigenvalue weighted by Crippen LogP contribution is -2.38. The van der Waals surface area contributed by atoms with Crippen molar-refractivity contribution in [3.63, 3.8) is 0 Å². The maximum absolute atomic E-state index is 13.8. The van der Waals surface area contributed by atoms with Crippen LogP contribution in [0.1, 0.15) is 28.1 Å². The Morgan fingerprint density at radius 2 is 2.10 bits per heavy atom. The summed E-state index contributed by atoms with van der Waals surface area (Å²) in [6.07, 6.45) is -0.487. The van der Waals surface area contributed by atoms with Crippen LogP contribution in [0.5, 0.6) is 5.75 Å². The van der Waals surface area contributed by atoms with Gasteiger partial charge in [-0.1, -0.05) is 12.1 Å². The van der Waals surface area contributed by atoms with Crippen LogP contribution in [-0.4, -0.2) is 41.1 Å². The summed E-state index contributed by atoms with van der Waals surface area (Å²) in [6, 6.07) is 8.43. The average molecular weight is 430 g/mol. The number of furan rings is 1. The Morgan fingerprint density at radius 1 is 1.29 bits per heavy atom. The van der Waals surface area contributed by atoms with Crippen molar-refractivity contribution in [3.8, 4) is 5.75 Å². The number of nitrogens with one attached hydrogen (secondary N) is 1. The van der Waals surface area contributed by atoms with Gasteiger partial charge in [-0.25, -0.2) is 13.6 Å². The number of rotatable bonds is 5. The number of fused-ring (bicyclic) bond motifs is 1. The predicted molar refractivity (Wildman–Crippen MR) is 107 cm³/mol. The molecule has 0 radical (unpaired) electrons. The molecule has 4 rings (SSSR count). The van der Waals surface area contributed by atoms with Gasteiger partial charge < -0.3 is 24.5 Å². The van der Waals surface area contributed by atoms with Crippen molar-refractivity contribution in [2.24, 2.45) is 0 Å². The molecule has 2 amide bonds. The first-order chi connectivity index (χ1) is 14.8. The second kappa shape index (κ2) is 8.25. The number of benzene rings is 2. The zero-order valence-corrected chi connectivity index (χ0v) is 16.7. The van der Waals surface area contributed by atoms with Crippen LogP contribution in [0.3, 0.4) is 0 Å². The molecular formula is C22H20F2N2O5. The third-order valence-electron chi connectivity index (χ3n) is 5.28. The van der Waals surface area contributed by atoms with E-state index < -0.39 is 17.7 Å². The molecule has 1 atom stereocenters. The minimum Gasteiger partial charge on any atom is -0.489 e. The molecule has 2 heterocycles. The highest BCUT2D eigenvalue weighted by atomic mass is 19.2. The van der Waals surface area contributed by atoms with Crippen LogP contribution >= 0.6 is 0 Å². The highest BCUT2D eigenvalue weighted by molar-refractivity contribution is 6.07. The lowest BCUT2D eigenvalue weighted by atomic mass is 10.1. The van der Waals surface area contributed by atoms with Gasteiger partial charge in [0.1, 0.15) is 23.7 Å². The largest absolute Gasteiger partial charge is 0.489 e. The molecule has 9 heteroatoms. The maximum Gasteiger partial charge on any atom is 0.407 e. The van der Waals surface area contributed by atoms with Gasteiger partial charge in [-0.3, -0.25) is 4.79 Å². The summed E-state index contributed by atoms with van der Waals surface area (Å²) >= 11 is 0. The number of amides is 2. The second-order valence-corrected chi connectivity index (χ2v) is 7.38. The van der Waals surface area contributed by atoms with E-state index in [2.05, 4.69) is 5.32 Å². The Morgan fingerprint density at radius 3 is 2.84 bits per heavy atom. The lowest BCUT2D eigenvalue weighted by Gasteiger charge is -2.14. The van der Waals surface area contributed by atoms with Crippen LogP contribution < -0.4 is 10.1 Å². The van der Waals surface area contributed by atoms with E-state index >= 15 is 0 Å². The highest BCUT2D eigenvalue weighted by Gasteiger charge is 2.29. The van der Waals surface area contributed by atoms with E-state index in [1.165, 1.54) is 17.0 Å². The smallest absolute Gasteiger partial charge is 0.407 e. The van der Waals surface area contributed by atoms with Gasteiger partial charge in [0, 0.05) is 30.1 Å². The first-order valence-electron chi connectivity index (χ1n) is 9.71. The van der Waals surface area contributed by atoms with Crippen LogP contribution in [0.4, 0.5) is 13.6 Å². The van der Waals surface area contributed by atoms with Crippen molar-refractivity contribution in [3.05, 3.63) is 64.9 Å². The molecule has 0 bridgehead atoms. The summed E-state index contributed by atoms with van der Waals surface area (Å²) in [7, 11) is 0. The average Bonchev–Trinajstić information content (AvgIpc) is 3.32. The summed E-state index contributed by atoms with van der Waals surface area (Å²) in [5, 5.41) is 12.4. The lowest BCUT2D eigenvalue weighted by molar-refractivity contribution is 0.0935. The summed E-state index contributed by atoms with van der Waals surface area (Å²) in [6.45, 7) is 2.07. The second-order valence-electron chi connectivity index (χ2n) is 7.38. The number of carbonyl (C=O) groups excluding carboxylic acids is 1. The first kappa shape index (κ1) is 20.6. The zero-order valence-electron chi connectivity index (χ0n) is 16.7. The standard InChI is InChI=1S/C22H20F2N2O5/c1-12-19(21(27)25-14-7-8-26(10-14)22(28)29)16-9-15(5-6-18(16)31-12)30-11-13-3-2-4-17(23)20(13)24/h2-6,9,14H,7-8,10-11H2,1H3,(H,25,27)(H,28,29). The summed E-state index contributed by atoms with van der Waals surface area (Å²) in [5.74, 6) is -1.51. The van der Waals surface area contributed by atoms with E-state index in [4.69, 9.17) is 14.3 Å². The number of carbonyl (C=O) groups is 2. The molecule has 1 aromatic heterocycles. The Labute approximate surface area is 176 Å². The minimum absolute atomic E-state index is 0.0747. The number of ether oxygens (including phenoxy) is 1. The Bertz CT molecular complexity index is 1160. The predicted octanol–water partition coefficient (Wildman–Crippen LogP) is 4.08. The number of aryl methyl sites for hydroxylation is 1. The SMILES string of the molecule is Cc1oc2ccc(OCc3cccc(F)c3F)cc2c1C(=O)NC1CCN(C(=O)O)C1. The maximum atomic E-state index is 13.8. The summed E-state index contributed by atoms with van der Waals surface area (Å²) in [5.41, 5.74) is 0.877. The van der Waals surface area contributed by atoms with Gasteiger partial charge in [-0.05, 0) is 37.6 Å². The van der Waals surface area contributed by atoms with Crippen molar-refractivity contribution in [2.45, 2.75) is 26.0 Å². The van der Waals surface area contributed by atoms with Gasteiger partial charge in [-0.15, -0.1) is 0 Å². The van der Waals surface area contributed by atoms with Gasteiger partial charge in [0.2, 0.25) is 0 Å². The topological polar surface area (TPSA) is 92.0 Å². The Kier molecular flexibility index (Phi) is 5.50. The van der Waals surface area contributed by atoms with Crippen molar-refractivity contribution >= 4 is 23.0 Å². The van der Waals surface area contributed by atoms with Crippen molar-refractivity contribution in [2.75, 3.05) is 13.1 Å². The minimum atomic E-state index is -1.02. The molecule has 7 nitrogen and oxygen atoms in total. The fourth-order valence-corrected chi connectivity index (χ4v) is 3.70. The number of hydrogen-bond acceptors (Lipinski definition) is 4. The van der Waals surface area contributed by atoms with Crippen LogP contribution in [0.15, 0.2) is 40.8 Å². The molecule has 0 saturated carbocycles. The molecule has 31 heavy (non-hydrogen) atoms. The Balaban J connectivity index is 1.53. The van der Waals surface area contributed by atoms with E-state index in [0.717, 1.165) is 6.07 Å². The molecule has 1 aliphatic heterocycles. The quantitative estimate of drug-likeness (QED) is 0.636. The number of nitrogens with zero attached hydrogens (tertiary/aromatic N) is 1.